The molecule has 0 heterocycles. The summed E-state index contributed by atoms with van der Waals surface area (Å²) in [5.41, 5.74) is 23.5. The second-order valence-corrected chi connectivity index (χ2v) is 18.0. The number of hydrogen-bond acceptors (Lipinski definition) is 1. The number of anilines is 3. The van der Waals surface area contributed by atoms with Gasteiger partial charge in [-0.25, -0.2) is 0 Å². The average Bonchev–Trinajstić information content (AvgIpc) is 3.91. The minimum Gasteiger partial charge on any atom is -0.310 e. The highest BCUT2D eigenvalue weighted by atomic mass is 15.1. The summed E-state index contributed by atoms with van der Waals surface area (Å²) in [5.74, 6) is 0. The molecule has 3 aliphatic rings. The van der Waals surface area contributed by atoms with Gasteiger partial charge in [-0.1, -0.05) is 208 Å². The van der Waals surface area contributed by atoms with E-state index in [1.54, 1.807) is 0 Å². The SMILES string of the molecule is CC1(C)c2ccccc2-c2ccc(N(c3cccc(-c4ccc(-c5ccccc5)cc4)c3)c3cccc4c3C3(c5ccccc5-4)c4ccccc4-c4c3ccc3ccccc43)cc21. The number of fused-ring (bicyclic) bond motifs is 15. The quantitative estimate of drug-likeness (QED) is 0.168. The molecule has 1 spiro atoms. The summed E-state index contributed by atoms with van der Waals surface area (Å²) in [4.78, 5) is 2.56. The fraction of sp³-hybridized carbons (Fsp3) is 0.0645. The predicted octanol–water partition coefficient (Wildman–Crippen LogP) is 16.3. The third-order valence-corrected chi connectivity index (χ3v) is 14.5. The van der Waals surface area contributed by atoms with Crippen molar-refractivity contribution in [2.45, 2.75) is 24.7 Å². The molecule has 13 rings (SSSR count). The number of nitrogens with zero attached hydrogens (tertiary/aromatic N) is 1. The first-order chi connectivity index (χ1) is 31.0. The molecular weight excluding hydrogens is 759 g/mol. The summed E-state index contributed by atoms with van der Waals surface area (Å²) < 4.78 is 0. The molecule has 0 fully saturated rings. The minimum absolute atomic E-state index is 0.156. The molecule has 3 aliphatic carbocycles. The van der Waals surface area contributed by atoms with E-state index in [4.69, 9.17) is 0 Å². The molecule has 0 aromatic heterocycles. The van der Waals surface area contributed by atoms with Gasteiger partial charge in [0.05, 0.1) is 11.1 Å². The summed E-state index contributed by atoms with van der Waals surface area (Å²) in [7, 11) is 0. The molecular formula is C62H43N. The maximum absolute atomic E-state index is 2.56. The predicted molar refractivity (Wildman–Crippen MR) is 263 cm³/mol. The molecule has 10 aromatic carbocycles. The molecule has 10 aromatic rings. The molecule has 0 amide bonds. The van der Waals surface area contributed by atoms with Crippen LogP contribution in [0.25, 0.3) is 66.4 Å². The van der Waals surface area contributed by atoms with Crippen LogP contribution >= 0.6 is 0 Å². The number of hydrogen-bond donors (Lipinski definition) is 0. The molecule has 0 N–H and O–H groups in total. The van der Waals surface area contributed by atoms with E-state index in [2.05, 4.69) is 243 Å². The Hall–Kier alpha value is -7.74. The molecule has 1 heteroatoms. The number of rotatable bonds is 5. The summed E-state index contributed by atoms with van der Waals surface area (Å²) in [5, 5.41) is 2.56. The molecule has 1 unspecified atom stereocenters. The second-order valence-electron chi connectivity index (χ2n) is 18.0. The van der Waals surface area contributed by atoms with E-state index in [-0.39, 0.29) is 5.41 Å². The Morgan fingerprint density at radius 3 is 1.68 bits per heavy atom. The van der Waals surface area contributed by atoms with Crippen molar-refractivity contribution in [3.05, 3.63) is 258 Å². The highest BCUT2D eigenvalue weighted by Crippen LogP contribution is 2.66. The van der Waals surface area contributed by atoms with Crippen LogP contribution < -0.4 is 4.90 Å². The Balaban J connectivity index is 1.08. The third kappa shape index (κ3) is 4.99. The van der Waals surface area contributed by atoms with Gasteiger partial charge >= 0.3 is 0 Å². The molecule has 0 radical (unpaired) electrons. The van der Waals surface area contributed by atoms with Gasteiger partial charge in [0, 0.05) is 22.4 Å². The maximum atomic E-state index is 2.56. The van der Waals surface area contributed by atoms with Crippen molar-refractivity contribution in [1.82, 2.24) is 0 Å². The van der Waals surface area contributed by atoms with Crippen molar-refractivity contribution in [1.29, 1.82) is 0 Å². The van der Waals surface area contributed by atoms with Gasteiger partial charge in [0.15, 0.2) is 0 Å². The van der Waals surface area contributed by atoms with Gasteiger partial charge in [0.25, 0.3) is 0 Å². The Kier molecular flexibility index (Phi) is 7.64. The normalized spacial score (nSPS) is 15.7. The monoisotopic (exact) mass is 801 g/mol. The summed E-state index contributed by atoms with van der Waals surface area (Å²) in [6, 6.07) is 84.1. The highest BCUT2D eigenvalue weighted by Gasteiger charge is 2.53. The lowest BCUT2D eigenvalue weighted by atomic mass is 9.69. The largest absolute Gasteiger partial charge is 0.310 e. The van der Waals surface area contributed by atoms with Crippen molar-refractivity contribution >= 4 is 27.8 Å². The minimum atomic E-state index is -0.548. The smallest absolute Gasteiger partial charge is 0.0746 e. The lowest BCUT2D eigenvalue weighted by Gasteiger charge is -2.36. The zero-order valence-corrected chi connectivity index (χ0v) is 35.3. The van der Waals surface area contributed by atoms with Gasteiger partial charge in [-0.05, 0) is 125 Å². The molecule has 0 saturated heterocycles. The Bertz CT molecular complexity index is 3480. The molecule has 0 saturated carbocycles. The van der Waals surface area contributed by atoms with E-state index in [0.717, 1.165) is 11.4 Å². The van der Waals surface area contributed by atoms with Crippen LogP contribution in [-0.4, -0.2) is 0 Å². The first-order valence-corrected chi connectivity index (χ1v) is 22.2. The van der Waals surface area contributed by atoms with E-state index >= 15 is 0 Å². The molecule has 63 heavy (non-hydrogen) atoms. The van der Waals surface area contributed by atoms with E-state index < -0.39 is 5.41 Å². The fourth-order valence-electron chi connectivity index (χ4n) is 11.7. The molecule has 1 nitrogen and oxygen atoms in total. The van der Waals surface area contributed by atoms with Gasteiger partial charge in [-0.2, -0.15) is 0 Å². The van der Waals surface area contributed by atoms with Crippen LogP contribution in [0.3, 0.4) is 0 Å². The van der Waals surface area contributed by atoms with Crippen molar-refractivity contribution in [3.8, 4) is 55.6 Å². The summed E-state index contributed by atoms with van der Waals surface area (Å²) in [6.45, 7) is 4.77. The van der Waals surface area contributed by atoms with Crippen molar-refractivity contribution in [2.24, 2.45) is 0 Å². The third-order valence-electron chi connectivity index (χ3n) is 14.5. The van der Waals surface area contributed by atoms with Crippen LogP contribution in [0.4, 0.5) is 17.1 Å². The Morgan fingerprint density at radius 1 is 0.333 bits per heavy atom. The van der Waals surface area contributed by atoms with Crippen LogP contribution in [0.2, 0.25) is 0 Å². The van der Waals surface area contributed by atoms with Gasteiger partial charge in [-0.3, -0.25) is 0 Å². The second kappa shape index (κ2) is 13.4. The summed E-state index contributed by atoms with van der Waals surface area (Å²) >= 11 is 0. The van der Waals surface area contributed by atoms with Crippen LogP contribution in [0.15, 0.2) is 224 Å². The number of benzene rings is 10. The van der Waals surface area contributed by atoms with Crippen molar-refractivity contribution < 1.29 is 0 Å². The zero-order chi connectivity index (χ0) is 41.9. The molecule has 1 atom stereocenters. The standard InChI is InChI=1S/C62H43N/c1-61(2)53-26-11-8-22-48(53)50-36-35-46(39-57(50)61)63(45-20-14-19-44(38-45)42-32-30-41(31-33-42)40-16-4-3-5-17-40)58-29-15-25-51-49-23-9-12-27-54(49)62(60(51)58)55-28-13-10-24-52(55)59-47-21-7-6-18-43(47)34-37-56(59)62/h3-39H,1-2H3. The maximum Gasteiger partial charge on any atom is 0.0746 e. The molecule has 0 bridgehead atoms. The van der Waals surface area contributed by atoms with Gasteiger partial charge < -0.3 is 4.90 Å². The van der Waals surface area contributed by atoms with Crippen LogP contribution in [0.5, 0.6) is 0 Å². The highest BCUT2D eigenvalue weighted by molar-refractivity contribution is 6.07. The van der Waals surface area contributed by atoms with Crippen molar-refractivity contribution in [3.63, 3.8) is 0 Å². The van der Waals surface area contributed by atoms with Gasteiger partial charge in [-0.15, -0.1) is 0 Å². The van der Waals surface area contributed by atoms with E-state index in [1.807, 2.05) is 0 Å². The lowest BCUT2D eigenvalue weighted by Crippen LogP contribution is -2.28. The van der Waals surface area contributed by atoms with Crippen LogP contribution in [0, 0.1) is 0 Å². The van der Waals surface area contributed by atoms with E-state index in [9.17, 15) is 0 Å². The van der Waals surface area contributed by atoms with Gasteiger partial charge in [0.2, 0.25) is 0 Å². The zero-order valence-electron chi connectivity index (χ0n) is 35.3. The van der Waals surface area contributed by atoms with Gasteiger partial charge in [0.1, 0.15) is 0 Å². The fourth-order valence-corrected chi connectivity index (χ4v) is 11.7. The Labute approximate surface area is 369 Å². The van der Waals surface area contributed by atoms with Crippen LogP contribution in [0.1, 0.15) is 47.2 Å². The lowest BCUT2D eigenvalue weighted by molar-refractivity contribution is 0.660. The van der Waals surface area contributed by atoms with Crippen LogP contribution in [-0.2, 0) is 10.8 Å². The molecule has 296 valence electrons. The van der Waals surface area contributed by atoms with E-state index in [0.29, 0.717) is 0 Å². The first kappa shape index (κ1) is 36.0. The molecule has 0 aliphatic heterocycles. The topological polar surface area (TPSA) is 3.24 Å². The van der Waals surface area contributed by atoms with Crippen molar-refractivity contribution in [2.75, 3.05) is 4.90 Å². The first-order valence-electron chi connectivity index (χ1n) is 22.2. The summed E-state index contributed by atoms with van der Waals surface area (Å²) in [6.07, 6.45) is 0. The van der Waals surface area contributed by atoms with E-state index in [1.165, 1.54) is 105 Å². The average molecular weight is 802 g/mol. The Morgan fingerprint density at radius 2 is 0.889 bits per heavy atom.